The van der Waals surface area contributed by atoms with E-state index in [0.29, 0.717) is 5.75 Å². The van der Waals surface area contributed by atoms with Gasteiger partial charge in [0.25, 0.3) is 11.8 Å². The molecular formula is C20H18N4O6. The zero-order valence-corrected chi connectivity index (χ0v) is 15.8. The lowest BCUT2D eigenvalue weighted by Gasteiger charge is -2.31. The Morgan fingerprint density at radius 3 is 2.40 bits per heavy atom. The maximum absolute atomic E-state index is 12.9. The van der Waals surface area contributed by atoms with Gasteiger partial charge in [0.15, 0.2) is 5.92 Å². The maximum atomic E-state index is 12.9. The first kappa shape index (κ1) is 20.4. The number of nitrogens with one attached hydrogen (secondary N) is 3. The zero-order valence-electron chi connectivity index (χ0n) is 15.8. The Kier molecular flexibility index (Phi) is 5.68. The van der Waals surface area contributed by atoms with Crippen LogP contribution in [-0.4, -0.2) is 36.0 Å². The first-order valence-electron chi connectivity index (χ1n) is 8.69. The fraction of sp³-hybridized carbons (Fsp3) is 0.100. The number of urea groups is 1. The first-order valence-corrected chi connectivity index (χ1v) is 8.69. The van der Waals surface area contributed by atoms with Crippen LogP contribution in [0.2, 0.25) is 0 Å². The molecule has 0 saturated carbocycles. The molecule has 4 N–H and O–H groups in total. The van der Waals surface area contributed by atoms with Crippen LogP contribution in [0.4, 0.5) is 10.5 Å². The van der Waals surface area contributed by atoms with Crippen LogP contribution < -0.4 is 25.8 Å². The van der Waals surface area contributed by atoms with Crippen LogP contribution in [0.3, 0.4) is 0 Å². The molecule has 0 aliphatic carbocycles. The fourth-order valence-electron chi connectivity index (χ4n) is 2.80. The Balaban J connectivity index is 1.75. The monoisotopic (exact) mass is 410 g/mol. The van der Waals surface area contributed by atoms with Crippen LogP contribution in [0.15, 0.2) is 60.8 Å². The fourth-order valence-corrected chi connectivity index (χ4v) is 2.80. The number of para-hydroxylation sites is 1. The third-order valence-corrected chi connectivity index (χ3v) is 4.33. The molecule has 10 nitrogen and oxygen atoms in total. The van der Waals surface area contributed by atoms with E-state index in [0.717, 1.165) is 4.90 Å². The van der Waals surface area contributed by atoms with Crippen LogP contribution >= 0.6 is 0 Å². The molecule has 1 fully saturated rings. The molecule has 1 aliphatic rings. The normalized spacial score (nSPS) is 16.0. The average Bonchev–Trinajstić information content (AvgIpc) is 2.72. The van der Waals surface area contributed by atoms with Crippen molar-refractivity contribution in [1.82, 2.24) is 16.2 Å². The summed E-state index contributed by atoms with van der Waals surface area (Å²) in [6.07, 6.45) is 0. The molecule has 0 aromatic heterocycles. The van der Waals surface area contributed by atoms with Crippen molar-refractivity contribution >= 4 is 29.4 Å². The van der Waals surface area contributed by atoms with Crippen LogP contribution in [0, 0.1) is 5.92 Å². The van der Waals surface area contributed by atoms with Gasteiger partial charge in [-0.25, -0.2) is 9.69 Å². The number of hydrogen-bond acceptors (Lipinski definition) is 7. The molecule has 1 saturated heterocycles. The predicted molar refractivity (Wildman–Crippen MR) is 105 cm³/mol. The quantitative estimate of drug-likeness (QED) is 0.413. The molecule has 0 spiro atoms. The SMILES string of the molecule is C=C(NNC(=O)c1ccccc1O)[C@H]1C(=O)NC(=O)N(c2ccc(OC)cc2)C1=O. The molecule has 3 rings (SSSR count). The minimum absolute atomic E-state index is 0.0211. The van der Waals surface area contributed by atoms with E-state index in [2.05, 4.69) is 22.7 Å². The second kappa shape index (κ2) is 8.35. The number of methoxy groups -OCH3 is 1. The molecule has 10 heteroatoms. The molecule has 2 aromatic carbocycles. The van der Waals surface area contributed by atoms with Crippen molar-refractivity contribution < 1.29 is 29.0 Å². The van der Waals surface area contributed by atoms with Gasteiger partial charge in [-0.2, -0.15) is 0 Å². The summed E-state index contributed by atoms with van der Waals surface area (Å²) in [6.45, 7) is 3.62. The number of hydrazine groups is 1. The first-order chi connectivity index (χ1) is 14.3. The summed E-state index contributed by atoms with van der Waals surface area (Å²) < 4.78 is 5.05. The number of phenols is 1. The number of aromatic hydroxyl groups is 1. The minimum atomic E-state index is -1.48. The molecule has 1 heterocycles. The Morgan fingerprint density at radius 1 is 1.10 bits per heavy atom. The molecule has 30 heavy (non-hydrogen) atoms. The van der Waals surface area contributed by atoms with Crippen LogP contribution in [0.5, 0.6) is 11.5 Å². The van der Waals surface area contributed by atoms with E-state index in [1.807, 2.05) is 0 Å². The number of nitrogens with zero attached hydrogens (tertiary/aromatic N) is 1. The standard InChI is InChI=1S/C20H18N4O6/c1-11(22-23-17(26)14-5-3-4-6-15(14)25)16-18(27)21-20(29)24(19(16)28)12-7-9-13(30-2)10-8-12/h3-10,16,22,25H,1H2,2H3,(H,23,26)(H,21,27,29)/t16-/m0/s1. The highest BCUT2D eigenvalue weighted by atomic mass is 16.5. The number of anilines is 1. The summed E-state index contributed by atoms with van der Waals surface area (Å²) in [6, 6.07) is 11.0. The summed E-state index contributed by atoms with van der Waals surface area (Å²) in [7, 11) is 1.47. The lowest BCUT2D eigenvalue weighted by atomic mass is 10.0. The number of carbonyl (C=O) groups is 4. The van der Waals surface area contributed by atoms with Gasteiger partial charge in [-0.1, -0.05) is 18.7 Å². The van der Waals surface area contributed by atoms with E-state index in [4.69, 9.17) is 4.74 Å². The second-order valence-corrected chi connectivity index (χ2v) is 6.22. The Bertz CT molecular complexity index is 1030. The highest BCUT2D eigenvalue weighted by molar-refractivity contribution is 6.28. The third-order valence-electron chi connectivity index (χ3n) is 4.33. The minimum Gasteiger partial charge on any atom is -0.507 e. The zero-order chi connectivity index (χ0) is 21.8. The van der Waals surface area contributed by atoms with Crippen molar-refractivity contribution in [1.29, 1.82) is 0 Å². The van der Waals surface area contributed by atoms with Crippen molar-refractivity contribution in [3.05, 3.63) is 66.4 Å². The van der Waals surface area contributed by atoms with Gasteiger partial charge in [0, 0.05) is 5.70 Å². The number of barbiturate groups is 1. The van der Waals surface area contributed by atoms with E-state index >= 15 is 0 Å². The number of ether oxygens (including phenoxy) is 1. The molecule has 2 aromatic rings. The molecule has 154 valence electrons. The molecular weight excluding hydrogens is 392 g/mol. The molecule has 0 radical (unpaired) electrons. The number of imide groups is 2. The number of amides is 5. The summed E-state index contributed by atoms with van der Waals surface area (Å²) in [5.74, 6) is -3.64. The molecule has 1 atom stereocenters. The van der Waals surface area contributed by atoms with Gasteiger partial charge >= 0.3 is 6.03 Å². The molecule has 0 unspecified atom stereocenters. The summed E-state index contributed by atoms with van der Waals surface area (Å²) in [4.78, 5) is 50.3. The smallest absolute Gasteiger partial charge is 0.335 e. The van der Waals surface area contributed by atoms with Gasteiger partial charge in [-0.15, -0.1) is 0 Å². The number of carbonyl (C=O) groups excluding carboxylic acids is 4. The van der Waals surface area contributed by atoms with E-state index in [9.17, 15) is 24.3 Å². The van der Waals surface area contributed by atoms with Crippen LogP contribution in [0.25, 0.3) is 0 Å². The van der Waals surface area contributed by atoms with Crippen molar-refractivity contribution in [2.24, 2.45) is 5.92 Å². The van der Waals surface area contributed by atoms with Crippen LogP contribution in [-0.2, 0) is 9.59 Å². The van der Waals surface area contributed by atoms with Gasteiger partial charge < -0.3 is 15.3 Å². The number of benzene rings is 2. The molecule has 5 amide bonds. The predicted octanol–water partition coefficient (Wildman–Crippen LogP) is 1.05. The number of phenolic OH excluding ortho intramolecular Hbond substituents is 1. The Hall–Kier alpha value is -4.34. The average molecular weight is 410 g/mol. The number of rotatable bonds is 6. The van der Waals surface area contributed by atoms with Gasteiger partial charge in [0.1, 0.15) is 11.5 Å². The molecule has 1 aliphatic heterocycles. The van der Waals surface area contributed by atoms with Gasteiger partial charge in [-0.05, 0) is 36.4 Å². The Labute approximate surface area is 171 Å². The van der Waals surface area contributed by atoms with E-state index in [1.165, 1.54) is 31.4 Å². The van der Waals surface area contributed by atoms with Gasteiger partial charge in [0.05, 0.1) is 18.4 Å². The van der Waals surface area contributed by atoms with E-state index in [1.54, 1.807) is 24.3 Å². The highest BCUT2D eigenvalue weighted by Crippen LogP contribution is 2.25. The maximum Gasteiger partial charge on any atom is 0.335 e. The third kappa shape index (κ3) is 3.92. The highest BCUT2D eigenvalue weighted by Gasteiger charge is 2.43. The lowest BCUT2D eigenvalue weighted by Crippen LogP contribution is -2.60. The number of hydrogen-bond donors (Lipinski definition) is 4. The van der Waals surface area contributed by atoms with Gasteiger partial charge in [-0.3, -0.25) is 25.1 Å². The van der Waals surface area contributed by atoms with Crippen molar-refractivity contribution in [3.63, 3.8) is 0 Å². The summed E-state index contributed by atoms with van der Waals surface area (Å²) in [5.41, 5.74) is 4.70. The van der Waals surface area contributed by atoms with Crippen molar-refractivity contribution in [2.45, 2.75) is 0 Å². The van der Waals surface area contributed by atoms with Crippen LogP contribution in [0.1, 0.15) is 10.4 Å². The van der Waals surface area contributed by atoms with E-state index in [-0.39, 0.29) is 22.7 Å². The lowest BCUT2D eigenvalue weighted by molar-refractivity contribution is -0.132. The second-order valence-electron chi connectivity index (χ2n) is 6.22. The Morgan fingerprint density at radius 2 is 1.77 bits per heavy atom. The van der Waals surface area contributed by atoms with Crippen molar-refractivity contribution in [2.75, 3.05) is 12.0 Å². The van der Waals surface area contributed by atoms with Gasteiger partial charge in [0.2, 0.25) is 5.91 Å². The molecule has 0 bridgehead atoms. The summed E-state index contributed by atoms with van der Waals surface area (Å²) in [5, 5.41) is 11.8. The van der Waals surface area contributed by atoms with Crippen molar-refractivity contribution in [3.8, 4) is 11.5 Å². The largest absolute Gasteiger partial charge is 0.507 e. The topological polar surface area (TPSA) is 137 Å². The summed E-state index contributed by atoms with van der Waals surface area (Å²) >= 11 is 0. The van der Waals surface area contributed by atoms with E-state index < -0.39 is 29.7 Å².